The first kappa shape index (κ1) is 16.3. The van der Waals surface area contributed by atoms with E-state index in [-0.39, 0.29) is 18.3 Å². The molecule has 1 saturated heterocycles. The Morgan fingerprint density at radius 3 is 2.74 bits per heavy atom. The van der Waals surface area contributed by atoms with Crippen molar-refractivity contribution in [2.24, 2.45) is 5.92 Å². The number of amides is 1. The fourth-order valence-electron chi connectivity index (χ4n) is 2.21. The molecule has 0 radical (unpaired) electrons. The normalized spacial score (nSPS) is 18.5. The highest BCUT2D eigenvalue weighted by molar-refractivity contribution is 6.30. The number of carbonyl (C=O) groups excluding carboxylic acids is 1. The number of hydrogen-bond acceptors (Lipinski definition) is 2. The van der Waals surface area contributed by atoms with Crippen molar-refractivity contribution in [2.45, 2.75) is 19.3 Å². The van der Waals surface area contributed by atoms with E-state index in [1.807, 2.05) is 24.3 Å². The van der Waals surface area contributed by atoms with Gasteiger partial charge in [0, 0.05) is 11.6 Å². The standard InChI is InChI=1S/C14H19ClN2O.ClH/c15-13-5-3-11(4-6-13)8-14(18)17-10-12-2-1-7-16-9-12;/h3-6,12,16H,1-2,7-10H2,(H,17,18);1H. The molecular weight excluding hydrogens is 283 g/mol. The van der Waals surface area contributed by atoms with Crippen LogP contribution in [0.5, 0.6) is 0 Å². The van der Waals surface area contributed by atoms with Crippen molar-refractivity contribution in [3.63, 3.8) is 0 Å². The average Bonchev–Trinajstić information content (AvgIpc) is 2.40. The molecule has 1 fully saturated rings. The summed E-state index contributed by atoms with van der Waals surface area (Å²) in [7, 11) is 0. The van der Waals surface area contributed by atoms with E-state index in [1.165, 1.54) is 12.8 Å². The maximum absolute atomic E-state index is 11.8. The van der Waals surface area contributed by atoms with E-state index in [0.717, 1.165) is 25.2 Å². The maximum atomic E-state index is 11.8. The average molecular weight is 303 g/mol. The van der Waals surface area contributed by atoms with Crippen molar-refractivity contribution in [1.29, 1.82) is 0 Å². The van der Waals surface area contributed by atoms with E-state index in [4.69, 9.17) is 11.6 Å². The van der Waals surface area contributed by atoms with Gasteiger partial charge in [-0.05, 0) is 49.5 Å². The summed E-state index contributed by atoms with van der Waals surface area (Å²) in [6, 6.07) is 7.42. The van der Waals surface area contributed by atoms with Crippen LogP contribution < -0.4 is 10.6 Å². The van der Waals surface area contributed by atoms with Gasteiger partial charge in [0.25, 0.3) is 0 Å². The fourth-order valence-corrected chi connectivity index (χ4v) is 2.33. The second kappa shape index (κ2) is 8.41. The van der Waals surface area contributed by atoms with E-state index in [1.54, 1.807) is 0 Å². The minimum atomic E-state index is 0. The third kappa shape index (κ3) is 5.81. The molecule has 106 valence electrons. The van der Waals surface area contributed by atoms with Crippen LogP contribution in [0.2, 0.25) is 5.02 Å². The van der Waals surface area contributed by atoms with Crippen LogP contribution in [-0.2, 0) is 11.2 Å². The Kier molecular flexibility index (Phi) is 7.21. The Balaban J connectivity index is 0.00000180. The lowest BCUT2D eigenvalue weighted by Gasteiger charge is -2.22. The Morgan fingerprint density at radius 2 is 2.11 bits per heavy atom. The highest BCUT2D eigenvalue weighted by Gasteiger charge is 2.13. The second-order valence-corrected chi connectivity index (χ2v) is 5.26. The lowest BCUT2D eigenvalue weighted by Crippen LogP contribution is -2.38. The van der Waals surface area contributed by atoms with Crippen LogP contribution in [0.4, 0.5) is 0 Å². The van der Waals surface area contributed by atoms with E-state index >= 15 is 0 Å². The van der Waals surface area contributed by atoms with Gasteiger partial charge in [-0.25, -0.2) is 0 Å². The summed E-state index contributed by atoms with van der Waals surface area (Å²) in [5, 5.41) is 7.05. The Morgan fingerprint density at radius 1 is 1.37 bits per heavy atom. The van der Waals surface area contributed by atoms with E-state index < -0.39 is 0 Å². The van der Waals surface area contributed by atoms with Gasteiger partial charge < -0.3 is 10.6 Å². The molecule has 1 aliphatic heterocycles. The number of hydrogen-bond donors (Lipinski definition) is 2. The molecule has 1 aromatic rings. The summed E-state index contributed by atoms with van der Waals surface area (Å²) in [6.45, 7) is 2.90. The highest BCUT2D eigenvalue weighted by Crippen LogP contribution is 2.10. The van der Waals surface area contributed by atoms with Gasteiger partial charge in [-0.2, -0.15) is 0 Å². The van der Waals surface area contributed by atoms with Crippen molar-refractivity contribution in [3.8, 4) is 0 Å². The van der Waals surface area contributed by atoms with E-state index in [9.17, 15) is 4.79 Å². The molecule has 0 aliphatic carbocycles. The van der Waals surface area contributed by atoms with Gasteiger partial charge in [0.2, 0.25) is 5.91 Å². The molecular formula is C14H20Cl2N2O. The predicted octanol–water partition coefficient (Wildman–Crippen LogP) is 2.42. The smallest absolute Gasteiger partial charge is 0.224 e. The number of carbonyl (C=O) groups is 1. The van der Waals surface area contributed by atoms with Crippen LogP contribution in [0.15, 0.2) is 24.3 Å². The van der Waals surface area contributed by atoms with Gasteiger partial charge in [-0.15, -0.1) is 12.4 Å². The molecule has 0 aromatic heterocycles. The van der Waals surface area contributed by atoms with Crippen LogP contribution in [0.1, 0.15) is 18.4 Å². The van der Waals surface area contributed by atoms with E-state index in [2.05, 4.69) is 10.6 Å². The minimum Gasteiger partial charge on any atom is -0.355 e. The second-order valence-electron chi connectivity index (χ2n) is 4.82. The SMILES string of the molecule is Cl.O=C(Cc1ccc(Cl)cc1)NCC1CCCNC1. The number of nitrogens with one attached hydrogen (secondary N) is 2. The highest BCUT2D eigenvalue weighted by atomic mass is 35.5. The van der Waals surface area contributed by atoms with Gasteiger partial charge in [-0.1, -0.05) is 23.7 Å². The third-order valence-corrected chi connectivity index (χ3v) is 3.52. The molecule has 1 aliphatic rings. The van der Waals surface area contributed by atoms with Crippen molar-refractivity contribution in [2.75, 3.05) is 19.6 Å². The van der Waals surface area contributed by atoms with Crippen molar-refractivity contribution < 1.29 is 4.79 Å². The van der Waals surface area contributed by atoms with Gasteiger partial charge in [-0.3, -0.25) is 4.79 Å². The van der Waals surface area contributed by atoms with Crippen molar-refractivity contribution in [1.82, 2.24) is 10.6 Å². The summed E-state index contributed by atoms with van der Waals surface area (Å²) < 4.78 is 0. The lowest BCUT2D eigenvalue weighted by atomic mass is 10.00. The van der Waals surface area contributed by atoms with Crippen LogP contribution in [0, 0.1) is 5.92 Å². The zero-order valence-corrected chi connectivity index (χ0v) is 12.4. The molecule has 2 N–H and O–H groups in total. The largest absolute Gasteiger partial charge is 0.355 e. The monoisotopic (exact) mass is 302 g/mol. The molecule has 1 aromatic carbocycles. The first-order valence-electron chi connectivity index (χ1n) is 6.46. The van der Waals surface area contributed by atoms with Crippen LogP contribution >= 0.6 is 24.0 Å². The molecule has 1 unspecified atom stereocenters. The quantitative estimate of drug-likeness (QED) is 0.897. The fraction of sp³-hybridized carbons (Fsp3) is 0.500. The number of rotatable bonds is 4. The third-order valence-electron chi connectivity index (χ3n) is 3.26. The van der Waals surface area contributed by atoms with Gasteiger partial charge >= 0.3 is 0 Å². The number of halogens is 2. The molecule has 0 bridgehead atoms. The molecule has 5 heteroatoms. The Labute approximate surface area is 125 Å². The Bertz CT molecular complexity index is 389. The topological polar surface area (TPSA) is 41.1 Å². The maximum Gasteiger partial charge on any atom is 0.224 e. The van der Waals surface area contributed by atoms with Gasteiger partial charge in [0.05, 0.1) is 6.42 Å². The molecule has 1 amide bonds. The molecule has 3 nitrogen and oxygen atoms in total. The predicted molar refractivity (Wildman–Crippen MR) is 81.0 cm³/mol. The van der Waals surface area contributed by atoms with Gasteiger partial charge in [0.1, 0.15) is 0 Å². The molecule has 0 saturated carbocycles. The lowest BCUT2D eigenvalue weighted by molar-refractivity contribution is -0.120. The van der Waals surface area contributed by atoms with Crippen LogP contribution in [0.25, 0.3) is 0 Å². The summed E-state index contributed by atoms with van der Waals surface area (Å²) in [4.78, 5) is 11.8. The molecule has 1 heterocycles. The minimum absolute atomic E-state index is 0. The summed E-state index contributed by atoms with van der Waals surface area (Å²) in [5.74, 6) is 0.663. The van der Waals surface area contributed by atoms with Gasteiger partial charge in [0.15, 0.2) is 0 Å². The van der Waals surface area contributed by atoms with Crippen molar-refractivity contribution in [3.05, 3.63) is 34.9 Å². The number of piperidine rings is 1. The van der Waals surface area contributed by atoms with E-state index in [0.29, 0.717) is 17.4 Å². The first-order valence-corrected chi connectivity index (χ1v) is 6.83. The number of benzene rings is 1. The Hall–Kier alpha value is -0.770. The van der Waals surface area contributed by atoms with Crippen LogP contribution in [0.3, 0.4) is 0 Å². The summed E-state index contributed by atoms with van der Waals surface area (Å²) >= 11 is 5.80. The van der Waals surface area contributed by atoms with Crippen molar-refractivity contribution >= 4 is 29.9 Å². The molecule has 0 spiro atoms. The summed E-state index contributed by atoms with van der Waals surface area (Å²) in [6.07, 6.45) is 2.84. The molecule has 2 rings (SSSR count). The first-order chi connectivity index (χ1) is 8.74. The summed E-state index contributed by atoms with van der Waals surface area (Å²) in [5.41, 5.74) is 0.999. The zero-order chi connectivity index (χ0) is 12.8. The van der Waals surface area contributed by atoms with Crippen LogP contribution in [-0.4, -0.2) is 25.5 Å². The zero-order valence-electron chi connectivity index (χ0n) is 10.8. The molecule has 1 atom stereocenters. The molecule has 19 heavy (non-hydrogen) atoms.